The van der Waals surface area contributed by atoms with E-state index in [4.69, 9.17) is 5.11 Å². The topological polar surface area (TPSA) is 69.6 Å². The van der Waals surface area contributed by atoms with Crippen molar-refractivity contribution in [3.05, 3.63) is 0 Å². The molecule has 0 spiro atoms. The molecule has 2 amide bonds. The molecule has 0 aromatic rings. The number of hydrogen-bond acceptors (Lipinski definition) is 2. The molecule has 5 heteroatoms. The summed E-state index contributed by atoms with van der Waals surface area (Å²) in [6, 6.07) is -0.197. The van der Waals surface area contributed by atoms with E-state index in [1.165, 1.54) is 17.7 Å². The summed E-state index contributed by atoms with van der Waals surface area (Å²) >= 11 is 0. The van der Waals surface area contributed by atoms with Crippen LogP contribution in [0.2, 0.25) is 0 Å². The average Bonchev–Trinajstić information content (AvgIpc) is 2.25. The Labute approximate surface area is 96.8 Å². The molecule has 0 radical (unpaired) electrons. The van der Waals surface area contributed by atoms with Crippen molar-refractivity contribution < 1.29 is 14.7 Å². The molecule has 0 bridgehead atoms. The molecule has 0 atom stereocenters. The minimum atomic E-state index is -0.886. The van der Waals surface area contributed by atoms with Crippen molar-refractivity contribution in [1.82, 2.24) is 10.2 Å². The zero-order chi connectivity index (χ0) is 12.4. The van der Waals surface area contributed by atoms with Crippen LogP contribution < -0.4 is 5.32 Å². The SMILES string of the molecule is CCCCCCNC(=O)N(C)CCC(=O)O. The van der Waals surface area contributed by atoms with Gasteiger partial charge in [-0.25, -0.2) is 4.79 Å². The van der Waals surface area contributed by atoms with E-state index in [2.05, 4.69) is 12.2 Å². The third-order valence-electron chi connectivity index (χ3n) is 2.31. The van der Waals surface area contributed by atoms with Gasteiger partial charge in [-0.15, -0.1) is 0 Å². The summed E-state index contributed by atoms with van der Waals surface area (Å²) in [5.41, 5.74) is 0. The fraction of sp³-hybridized carbons (Fsp3) is 0.818. The van der Waals surface area contributed by atoms with Crippen LogP contribution in [0.25, 0.3) is 0 Å². The molecule has 0 saturated carbocycles. The molecule has 16 heavy (non-hydrogen) atoms. The van der Waals surface area contributed by atoms with Gasteiger partial charge in [0.05, 0.1) is 6.42 Å². The van der Waals surface area contributed by atoms with Crippen LogP contribution in [-0.2, 0) is 4.79 Å². The molecule has 0 aromatic carbocycles. The molecule has 0 aliphatic rings. The first kappa shape index (κ1) is 14.7. The van der Waals surface area contributed by atoms with E-state index in [-0.39, 0.29) is 19.0 Å². The summed E-state index contributed by atoms with van der Waals surface area (Å²) in [6.07, 6.45) is 4.44. The summed E-state index contributed by atoms with van der Waals surface area (Å²) in [4.78, 5) is 23.1. The number of carboxylic acid groups (broad SMARTS) is 1. The lowest BCUT2D eigenvalue weighted by atomic mass is 10.2. The number of rotatable bonds is 8. The van der Waals surface area contributed by atoms with Gasteiger partial charge >= 0.3 is 12.0 Å². The Kier molecular flexibility index (Phi) is 8.29. The van der Waals surface area contributed by atoms with Gasteiger partial charge in [0.15, 0.2) is 0 Å². The molecule has 0 unspecified atom stereocenters. The normalized spacial score (nSPS) is 9.88. The number of aliphatic carboxylic acids is 1. The van der Waals surface area contributed by atoms with Crippen LogP contribution >= 0.6 is 0 Å². The number of urea groups is 1. The zero-order valence-corrected chi connectivity index (χ0v) is 10.2. The van der Waals surface area contributed by atoms with E-state index in [1.54, 1.807) is 7.05 Å². The zero-order valence-electron chi connectivity index (χ0n) is 10.2. The van der Waals surface area contributed by atoms with Crippen LogP contribution in [0.3, 0.4) is 0 Å². The van der Waals surface area contributed by atoms with Crippen LogP contribution in [0.4, 0.5) is 4.79 Å². The summed E-state index contributed by atoms with van der Waals surface area (Å²) in [5.74, 6) is -0.886. The van der Waals surface area contributed by atoms with Gasteiger partial charge in [0, 0.05) is 20.1 Å². The van der Waals surface area contributed by atoms with Crippen molar-refractivity contribution in [2.24, 2.45) is 0 Å². The molecule has 94 valence electrons. The predicted octanol–water partition coefficient (Wildman–Crippen LogP) is 1.68. The first-order valence-electron chi connectivity index (χ1n) is 5.78. The van der Waals surface area contributed by atoms with Gasteiger partial charge in [-0.1, -0.05) is 26.2 Å². The number of carbonyl (C=O) groups is 2. The summed E-state index contributed by atoms with van der Waals surface area (Å²) in [6.45, 7) is 3.05. The van der Waals surface area contributed by atoms with E-state index < -0.39 is 5.97 Å². The highest BCUT2D eigenvalue weighted by atomic mass is 16.4. The number of amides is 2. The second-order valence-electron chi connectivity index (χ2n) is 3.86. The molecule has 0 fully saturated rings. The lowest BCUT2D eigenvalue weighted by Gasteiger charge is -2.16. The molecule has 0 aliphatic carbocycles. The van der Waals surface area contributed by atoms with Crippen LogP contribution in [0.1, 0.15) is 39.0 Å². The second-order valence-corrected chi connectivity index (χ2v) is 3.86. The van der Waals surface area contributed by atoms with Crippen molar-refractivity contribution in [2.75, 3.05) is 20.1 Å². The molecule has 2 N–H and O–H groups in total. The number of unbranched alkanes of at least 4 members (excludes halogenated alkanes) is 3. The monoisotopic (exact) mass is 230 g/mol. The van der Waals surface area contributed by atoms with Gasteiger partial charge in [-0.2, -0.15) is 0 Å². The molecule has 5 nitrogen and oxygen atoms in total. The molecule has 0 aliphatic heterocycles. The fourth-order valence-electron chi connectivity index (χ4n) is 1.25. The highest BCUT2D eigenvalue weighted by molar-refractivity contribution is 5.74. The fourth-order valence-corrected chi connectivity index (χ4v) is 1.25. The molecular formula is C11H22N2O3. The van der Waals surface area contributed by atoms with Crippen molar-refractivity contribution in [3.8, 4) is 0 Å². The average molecular weight is 230 g/mol. The number of nitrogens with zero attached hydrogens (tertiary/aromatic N) is 1. The minimum Gasteiger partial charge on any atom is -0.481 e. The Morgan fingerprint density at radius 2 is 1.94 bits per heavy atom. The maximum absolute atomic E-state index is 11.4. The quantitative estimate of drug-likeness (QED) is 0.623. The number of hydrogen-bond donors (Lipinski definition) is 2. The van der Waals surface area contributed by atoms with E-state index >= 15 is 0 Å². The van der Waals surface area contributed by atoms with Crippen LogP contribution in [0.15, 0.2) is 0 Å². The Morgan fingerprint density at radius 1 is 1.25 bits per heavy atom. The maximum atomic E-state index is 11.4. The Bertz CT molecular complexity index is 219. The minimum absolute atomic E-state index is 0.0141. The van der Waals surface area contributed by atoms with Gasteiger partial charge in [0.1, 0.15) is 0 Å². The van der Waals surface area contributed by atoms with Crippen LogP contribution in [-0.4, -0.2) is 42.1 Å². The van der Waals surface area contributed by atoms with Gasteiger partial charge in [0.25, 0.3) is 0 Å². The second kappa shape index (κ2) is 9.00. The van der Waals surface area contributed by atoms with Gasteiger partial charge in [0.2, 0.25) is 0 Å². The largest absolute Gasteiger partial charge is 0.481 e. The molecule has 0 rings (SSSR count). The molecule has 0 heterocycles. The Hall–Kier alpha value is -1.26. The van der Waals surface area contributed by atoms with Gasteiger partial charge in [-0.05, 0) is 6.42 Å². The molecule has 0 saturated heterocycles. The lowest BCUT2D eigenvalue weighted by molar-refractivity contribution is -0.137. The highest BCUT2D eigenvalue weighted by Crippen LogP contribution is 1.97. The smallest absolute Gasteiger partial charge is 0.317 e. The van der Waals surface area contributed by atoms with Gasteiger partial charge in [-0.3, -0.25) is 4.79 Å². The molecule has 0 aromatic heterocycles. The van der Waals surface area contributed by atoms with Crippen LogP contribution in [0, 0.1) is 0 Å². The van der Waals surface area contributed by atoms with E-state index in [9.17, 15) is 9.59 Å². The van der Waals surface area contributed by atoms with Gasteiger partial charge < -0.3 is 15.3 Å². The van der Waals surface area contributed by atoms with Crippen molar-refractivity contribution >= 4 is 12.0 Å². The number of carboxylic acids is 1. The molecular weight excluding hydrogens is 208 g/mol. The highest BCUT2D eigenvalue weighted by Gasteiger charge is 2.08. The summed E-state index contributed by atoms with van der Waals surface area (Å²) in [5, 5.41) is 11.2. The summed E-state index contributed by atoms with van der Waals surface area (Å²) in [7, 11) is 1.60. The number of nitrogens with one attached hydrogen (secondary N) is 1. The number of carbonyl (C=O) groups excluding carboxylic acids is 1. The van der Waals surface area contributed by atoms with E-state index in [0.717, 1.165) is 12.8 Å². The third kappa shape index (κ3) is 8.08. The van der Waals surface area contributed by atoms with E-state index in [0.29, 0.717) is 6.54 Å². The lowest BCUT2D eigenvalue weighted by Crippen LogP contribution is -2.38. The summed E-state index contributed by atoms with van der Waals surface area (Å²) < 4.78 is 0. The Balaban J connectivity index is 3.51. The third-order valence-corrected chi connectivity index (χ3v) is 2.31. The Morgan fingerprint density at radius 3 is 2.50 bits per heavy atom. The van der Waals surface area contributed by atoms with E-state index in [1.807, 2.05) is 0 Å². The van der Waals surface area contributed by atoms with Crippen molar-refractivity contribution in [2.45, 2.75) is 39.0 Å². The van der Waals surface area contributed by atoms with Crippen LogP contribution in [0.5, 0.6) is 0 Å². The van der Waals surface area contributed by atoms with Crippen molar-refractivity contribution in [3.63, 3.8) is 0 Å². The first-order chi connectivity index (χ1) is 7.57. The van der Waals surface area contributed by atoms with Crippen molar-refractivity contribution in [1.29, 1.82) is 0 Å². The standard InChI is InChI=1S/C11H22N2O3/c1-3-4-5-6-8-12-11(16)13(2)9-7-10(14)15/h3-9H2,1-2H3,(H,12,16)(H,14,15). The predicted molar refractivity (Wildman–Crippen MR) is 62.4 cm³/mol. The first-order valence-corrected chi connectivity index (χ1v) is 5.78. The maximum Gasteiger partial charge on any atom is 0.317 e.